The Balaban J connectivity index is 3.40. The number of aliphatic hydroxyl groups excluding tert-OH is 2. The minimum absolute atomic E-state index is 0.00531. The third-order valence-electron chi connectivity index (χ3n) is 18.6. The molecule has 0 fully saturated rings. The number of nitrogens with one attached hydrogen (secondary N) is 1. The molecular weight excluding hydrogens is 1080 g/mol. The summed E-state index contributed by atoms with van der Waals surface area (Å²) in [6, 6.07) is -0.545. The number of aliphatic hydroxyl groups is 2. The molecule has 0 aromatic heterocycles. The van der Waals surface area contributed by atoms with Gasteiger partial charge in [0.1, 0.15) is 0 Å². The Morgan fingerprint density at radius 3 is 0.875 bits per heavy atom. The zero-order valence-electron chi connectivity index (χ0n) is 59.5. The van der Waals surface area contributed by atoms with E-state index in [1.165, 1.54) is 347 Å². The van der Waals surface area contributed by atoms with E-state index in [2.05, 4.69) is 67.8 Å². The number of allylic oxidation sites excluding steroid dienone is 8. The predicted octanol–water partition coefficient (Wildman–Crippen LogP) is 26.4. The highest BCUT2D eigenvalue weighted by molar-refractivity contribution is 5.76. The van der Waals surface area contributed by atoms with E-state index in [4.69, 9.17) is 4.74 Å². The maximum Gasteiger partial charge on any atom is 0.305 e. The highest BCUT2D eigenvalue weighted by Gasteiger charge is 2.20. The Labute approximate surface area is 550 Å². The summed E-state index contributed by atoms with van der Waals surface area (Å²) in [6.07, 6.45) is 102. The first kappa shape index (κ1) is 85.8. The van der Waals surface area contributed by atoms with E-state index in [1.807, 2.05) is 0 Å². The van der Waals surface area contributed by atoms with Crippen molar-refractivity contribution in [3.05, 3.63) is 48.6 Å². The van der Waals surface area contributed by atoms with Crippen LogP contribution in [0.25, 0.3) is 0 Å². The Kier molecular flexibility index (Phi) is 75.4. The van der Waals surface area contributed by atoms with Crippen LogP contribution in [0, 0.1) is 0 Å². The second-order valence-corrected chi connectivity index (χ2v) is 27.4. The van der Waals surface area contributed by atoms with E-state index in [1.54, 1.807) is 0 Å². The van der Waals surface area contributed by atoms with Crippen molar-refractivity contribution in [1.29, 1.82) is 0 Å². The van der Waals surface area contributed by atoms with Crippen molar-refractivity contribution in [2.75, 3.05) is 13.2 Å². The lowest BCUT2D eigenvalue weighted by Crippen LogP contribution is -2.45. The van der Waals surface area contributed by atoms with Crippen LogP contribution in [-0.2, 0) is 14.3 Å². The molecule has 518 valence electrons. The molecule has 0 aromatic rings. The van der Waals surface area contributed by atoms with Crippen LogP contribution in [0.1, 0.15) is 438 Å². The summed E-state index contributed by atoms with van der Waals surface area (Å²) in [6.45, 7) is 4.97. The number of carbonyl (C=O) groups excluding carboxylic acids is 2. The van der Waals surface area contributed by atoms with Crippen LogP contribution in [0.5, 0.6) is 0 Å². The minimum atomic E-state index is -0.668. The zero-order chi connectivity index (χ0) is 63.5. The van der Waals surface area contributed by atoms with Gasteiger partial charge in [-0.2, -0.15) is 0 Å². The third kappa shape index (κ3) is 72.9. The topological polar surface area (TPSA) is 95.9 Å². The molecule has 6 nitrogen and oxygen atoms in total. The molecule has 88 heavy (non-hydrogen) atoms. The van der Waals surface area contributed by atoms with E-state index in [-0.39, 0.29) is 18.5 Å². The summed E-state index contributed by atoms with van der Waals surface area (Å²) < 4.78 is 5.50. The molecule has 0 saturated carbocycles. The summed E-state index contributed by atoms with van der Waals surface area (Å²) in [4.78, 5) is 24.7. The molecule has 6 heteroatoms. The lowest BCUT2D eigenvalue weighted by atomic mass is 10.0. The molecule has 2 atom stereocenters. The SMILES string of the molecule is CCCCCC/C=C\C/C=C\CCCCCCCCCC(=O)OCCCCCCCCCCC/C=C\C/C=C\CCCCCCCCCCCCCCCC(=O)NC(CO)C(O)CCCCCCCCCCCCCCCCCCCCCCCCCC. The summed E-state index contributed by atoms with van der Waals surface area (Å²) in [5, 5.41) is 23.5. The summed E-state index contributed by atoms with van der Waals surface area (Å²) in [5.41, 5.74) is 0. The standard InChI is InChI=1S/C82H155NO5/c1-3-5-7-9-11-13-15-17-19-21-23-24-25-33-36-39-42-46-50-54-58-62-66-70-74-80(85)79(78-84)83-81(86)75-71-67-63-59-55-51-47-43-40-37-34-31-29-27-26-28-30-32-35-38-41-45-49-53-57-61-65-69-73-77-88-82(87)76-72-68-64-60-56-52-48-44-22-20-18-16-14-12-10-8-6-4-2/h14,16,20,22,26,28,32,35,79-80,84-85H,3-13,15,17-19,21,23-25,27,29-31,33-34,36-78H2,1-2H3,(H,83,86)/b16-14-,22-20-,28-26-,35-32-. The van der Waals surface area contributed by atoms with Crippen LogP contribution in [-0.4, -0.2) is 47.4 Å². The van der Waals surface area contributed by atoms with Crippen molar-refractivity contribution in [2.45, 2.75) is 450 Å². The van der Waals surface area contributed by atoms with Gasteiger partial charge < -0.3 is 20.3 Å². The first-order chi connectivity index (χ1) is 43.5. The van der Waals surface area contributed by atoms with Gasteiger partial charge in [-0.3, -0.25) is 9.59 Å². The van der Waals surface area contributed by atoms with Gasteiger partial charge >= 0.3 is 5.97 Å². The number of ether oxygens (including phenoxy) is 1. The smallest absolute Gasteiger partial charge is 0.305 e. The molecule has 0 aliphatic carbocycles. The second kappa shape index (κ2) is 77.3. The fraction of sp³-hybridized carbons (Fsp3) is 0.878. The molecule has 1 amide bonds. The van der Waals surface area contributed by atoms with Crippen LogP contribution >= 0.6 is 0 Å². The average molecular weight is 1240 g/mol. The molecule has 0 heterocycles. The Hall–Kier alpha value is -2.18. The maximum atomic E-state index is 12.6. The molecule has 0 aromatic carbocycles. The highest BCUT2D eigenvalue weighted by atomic mass is 16.5. The molecule has 0 bridgehead atoms. The lowest BCUT2D eigenvalue weighted by molar-refractivity contribution is -0.143. The van der Waals surface area contributed by atoms with Gasteiger partial charge in [0, 0.05) is 12.8 Å². The van der Waals surface area contributed by atoms with E-state index >= 15 is 0 Å². The molecule has 2 unspecified atom stereocenters. The van der Waals surface area contributed by atoms with Crippen molar-refractivity contribution in [3.8, 4) is 0 Å². The summed E-state index contributed by atoms with van der Waals surface area (Å²) in [5.74, 6) is -0.0259. The molecule has 0 rings (SSSR count). The van der Waals surface area contributed by atoms with Crippen molar-refractivity contribution in [2.24, 2.45) is 0 Å². The fourth-order valence-corrected chi connectivity index (χ4v) is 12.5. The zero-order valence-corrected chi connectivity index (χ0v) is 59.5. The van der Waals surface area contributed by atoms with Gasteiger partial charge in [0.2, 0.25) is 5.91 Å². The van der Waals surface area contributed by atoms with Gasteiger partial charge in [0.15, 0.2) is 0 Å². The van der Waals surface area contributed by atoms with Gasteiger partial charge in [0.25, 0.3) is 0 Å². The third-order valence-corrected chi connectivity index (χ3v) is 18.6. The van der Waals surface area contributed by atoms with Gasteiger partial charge in [-0.25, -0.2) is 0 Å². The largest absolute Gasteiger partial charge is 0.466 e. The van der Waals surface area contributed by atoms with Crippen molar-refractivity contribution < 1.29 is 24.5 Å². The van der Waals surface area contributed by atoms with Gasteiger partial charge in [-0.1, -0.05) is 383 Å². The Morgan fingerprint density at radius 1 is 0.318 bits per heavy atom. The molecular formula is C82H155NO5. The number of rotatable bonds is 75. The number of amides is 1. The van der Waals surface area contributed by atoms with E-state index in [9.17, 15) is 19.8 Å². The maximum absolute atomic E-state index is 12.6. The molecule has 3 N–H and O–H groups in total. The lowest BCUT2D eigenvalue weighted by Gasteiger charge is -2.22. The van der Waals surface area contributed by atoms with Crippen molar-refractivity contribution in [1.82, 2.24) is 5.32 Å². The Bertz CT molecular complexity index is 1470. The second-order valence-electron chi connectivity index (χ2n) is 27.4. The summed E-state index contributed by atoms with van der Waals surface area (Å²) >= 11 is 0. The molecule has 0 saturated heterocycles. The fourth-order valence-electron chi connectivity index (χ4n) is 12.5. The Morgan fingerprint density at radius 2 is 0.568 bits per heavy atom. The minimum Gasteiger partial charge on any atom is -0.466 e. The normalized spacial score (nSPS) is 12.7. The monoisotopic (exact) mass is 1230 g/mol. The van der Waals surface area contributed by atoms with E-state index in [0.717, 1.165) is 57.8 Å². The van der Waals surface area contributed by atoms with Gasteiger partial charge in [-0.05, 0) is 89.9 Å². The number of unbranched alkanes of at least 4 members (excludes halogenated alkanes) is 56. The highest BCUT2D eigenvalue weighted by Crippen LogP contribution is 2.19. The predicted molar refractivity (Wildman–Crippen MR) is 389 cm³/mol. The molecule has 0 aliphatic heterocycles. The van der Waals surface area contributed by atoms with E-state index in [0.29, 0.717) is 25.9 Å². The van der Waals surface area contributed by atoms with Crippen LogP contribution in [0.15, 0.2) is 48.6 Å². The molecule has 0 aliphatic rings. The van der Waals surface area contributed by atoms with Crippen LogP contribution in [0.2, 0.25) is 0 Å². The van der Waals surface area contributed by atoms with E-state index < -0.39 is 12.1 Å². The first-order valence-corrected chi connectivity index (χ1v) is 39.9. The quantitative estimate of drug-likeness (QED) is 0.0320. The molecule has 0 spiro atoms. The molecule has 0 radical (unpaired) electrons. The van der Waals surface area contributed by atoms with Crippen molar-refractivity contribution in [3.63, 3.8) is 0 Å². The average Bonchev–Trinajstić information content (AvgIpc) is 3.58. The van der Waals surface area contributed by atoms with Crippen LogP contribution in [0.4, 0.5) is 0 Å². The number of hydrogen-bond acceptors (Lipinski definition) is 5. The van der Waals surface area contributed by atoms with Crippen LogP contribution < -0.4 is 5.32 Å². The van der Waals surface area contributed by atoms with Crippen molar-refractivity contribution >= 4 is 11.9 Å². The van der Waals surface area contributed by atoms with Gasteiger partial charge in [-0.15, -0.1) is 0 Å². The number of esters is 1. The van der Waals surface area contributed by atoms with Crippen LogP contribution in [0.3, 0.4) is 0 Å². The number of carbonyl (C=O) groups is 2. The number of hydrogen-bond donors (Lipinski definition) is 3. The summed E-state index contributed by atoms with van der Waals surface area (Å²) in [7, 11) is 0. The first-order valence-electron chi connectivity index (χ1n) is 39.9. The van der Waals surface area contributed by atoms with Gasteiger partial charge in [0.05, 0.1) is 25.4 Å².